The molecule has 1 aliphatic carbocycles. The molecule has 0 aromatic carbocycles. The fraction of sp³-hybridized carbons (Fsp3) is 0.500. The second-order valence-electron chi connectivity index (χ2n) is 9.74. The minimum absolute atomic E-state index is 0.0249. The van der Waals surface area contributed by atoms with Gasteiger partial charge in [-0.3, -0.25) is 19.4 Å². The molecule has 0 saturated heterocycles. The van der Waals surface area contributed by atoms with Crippen LogP contribution in [0.5, 0.6) is 0 Å². The van der Waals surface area contributed by atoms with E-state index in [9.17, 15) is 14.0 Å². The number of pyridine rings is 1. The highest BCUT2D eigenvalue weighted by Gasteiger charge is 2.33. The standard InChI is InChI=1S/C26H34FN7O2S/c1-15-5-7-18(8-6-15)23(31-25(35)20-11-12-28-34(20)13-14-37-4)26(36)30-21-10-9-19(24(27)29-21)22-16(2)32-33-17(22)3/h9-12,15,18,23H,5-8,13-14H2,1-4H3,(H,31,35)(H,32,33)(H,29,30,36)/t15?,18?,23-/m0/s1. The van der Waals surface area contributed by atoms with E-state index in [4.69, 9.17) is 0 Å². The lowest BCUT2D eigenvalue weighted by Gasteiger charge is -2.32. The average Bonchev–Trinajstić information content (AvgIpc) is 3.48. The van der Waals surface area contributed by atoms with E-state index in [0.717, 1.165) is 37.1 Å². The van der Waals surface area contributed by atoms with Gasteiger partial charge < -0.3 is 10.6 Å². The zero-order chi connectivity index (χ0) is 26.5. The molecule has 3 aromatic rings. The van der Waals surface area contributed by atoms with Gasteiger partial charge >= 0.3 is 0 Å². The Hall–Kier alpha value is -3.21. The van der Waals surface area contributed by atoms with Gasteiger partial charge in [-0.15, -0.1) is 0 Å². The Balaban J connectivity index is 1.53. The molecule has 0 unspecified atom stereocenters. The van der Waals surface area contributed by atoms with Crippen molar-refractivity contribution >= 4 is 29.4 Å². The van der Waals surface area contributed by atoms with Crippen LogP contribution in [0.3, 0.4) is 0 Å². The van der Waals surface area contributed by atoms with Crippen molar-refractivity contribution in [2.45, 2.75) is 59.0 Å². The molecular weight excluding hydrogens is 493 g/mol. The maximum Gasteiger partial charge on any atom is 0.270 e. The summed E-state index contributed by atoms with van der Waals surface area (Å²) < 4.78 is 16.6. The van der Waals surface area contributed by atoms with Crippen molar-refractivity contribution in [3.63, 3.8) is 0 Å². The number of thioether (sulfide) groups is 1. The molecule has 0 spiro atoms. The molecular formula is C26H34FN7O2S. The number of aromatic amines is 1. The topological polar surface area (TPSA) is 118 Å². The third kappa shape index (κ3) is 6.20. The van der Waals surface area contributed by atoms with Crippen LogP contribution in [0, 0.1) is 31.6 Å². The first-order valence-electron chi connectivity index (χ1n) is 12.6. The Morgan fingerprint density at radius 2 is 1.97 bits per heavy atom. The largest absolute Gasteiger partial charge is 0.339 e. The number of aryl methyl sites for hydroxylation is 3. The average molecular weight is 528 g/mol. The highest BCUT2D eigenvalue weighted by Crippen LogP contribution is 2.32. The van der Waals surface area contributed by atoms with Crippen LogP contribution in [0.1, 0.15) is 54.5 Å². The highest BCUT2D eigenvalue weighted by atomic mass is 32.2. The van der Waals surface area contributed by atoms with Crippen molar-refractivity contribution in [1.82, 2.24) is 30.3 Å². The molecule has 3 heterocycles. The fourth-order valence-corrected chi connectivity index (χ4v) is 5.31. The van der Waals surface area contributed by atoms with Gasteiger partial charge in [0.05, 0.1) is 12.2 Å². The van der Waals surface area contributed by atoms with Gasteiger partial charge in [-0.2, -0.15) is 26.3 Å². The lowest BCUT2D eigenvalue weighted by molar-refractivity contribution is -0.119. The predicted octanol–water partition coefficient (Wildman–Crippen LogP) is 4.35. The molecule has 198 valence electrons. The molecule has 37 heavy (non-hydrogen) atoms. The Morgan fingerprint density at radius 3 is 2.62 bits per heavy atom. The number of aromatic nitrogens is 5. The fourth-order valence-electron chi connectivity index (χ4n) is 4.96. The minimum atomic E-state index is -0.771. The molecule has 11 heteroatoms. The number of hydrogen-bond donors (Lipinski definition) is 3. The van der Waals surface area contributed by atoms with Gasteiger partial charge in [-0.25, -0.2) is 4.98 Å². The number of carbonyl (C=O) groups excluding carboxylic acids is 2. The van der Waals surface area contributed by atoms with Crippen LogP contribution in [0.25, 0.3) is 11.1 Å². The van der Waals surface area contributed by atoms with Crippen LogP contribution < -0.4 is 10.6 Å². The summed E-state index contributed by atoms with van der Waals surface area (Å²) in [4.78, 5) is 30.7. The Bertz CT molecular complexity index is 1230. The first-order valence-corrected chi connectivity index (χ1v) is 14.0. The molecule has 9 nitrogen and oxygen atoms in total. The van der Waals surface area contributed by atoms with Gasteiger partial charge in [-0.1, -0.05) is 19.8 Å². The number of hydrogen-bond acceptors (Lipinski definition) is 6. The molecule has 3 aromatic heterocycles. The summed E-state index contributed by atoms with van der Waals surface area (Å²) in [6, 6.07) is 4.04. The van der Waals surface area contributed by atoms with E-state index in [1.807, 2.05) is 13.2 Å². The molecule has 3 N–H and O–H groups in total. The van der Waals surface area contributed by atoms with Crippen LogP contribution in [0.4, 0.5) is 10.2 Å². The van der Waals surface area contributed by atoms with Gasteiger partial charge in [0.25, 0.3) is 5.91 Å². The molecule has 0 aliphatic heterocycles. The quantitative estimate of drug-likeness (QED) is 0.356. The summed E-state index contributed by atoms with van der Waals surface area (Å²) in [5, 5.41) is 16.9. The molecule has 1 aliphatic rings. The maximum atomic E-state index is 15.0. The summed E-state index contributed by atoms with van der Waals surface area (Å²) in [6.07, 6.45) is 7.21. The molecule has 0 radical (unpaired) electrons. The van der Waals surface area contributed by atoms with Crippen LogP contribution >= 0.6 is 11.8 Å². The number of nitrogens with zero attached hydrogens (tertiary/aromatic N) is 4. The SMILES string of the molecule is CSCCn1nccc1C(=O)N[C@H](C(=O)Nc1ccc(-c2c(C)n[nH]c2C)c(F)n1)C1CCC(C)CC1. The third-order valence-electron chi connectivity index (χ3n) is 7.05. The zero-order valence-electron chi connectivity index (χ0n) is 21.7. The van der Waals surface area contributed by atoms with E-state index < -0.39 is 17.9 Å². The smallest absolute Gasteiger partial charge is 0.270 e. The van der Waals surface area contributed by atoms with E-state index >= 15 is 0 Å². The number of rotatable bonds is 9. The third-order valence-corrected chi connectivity index (χ3v) is 7.65. The van der Waals surface area contributed by atoms with Crippen LogP contribution in [0.15, 0.2) is 24.4 Å². The van der Waals surface area contributed by atoms with Crippen molar-refractivity contribution in [3.8, 4) is 11.1 Å². The van der Waals surface area contributed by atoms with Crippen molar-refractivity contribution < 1.29 is 14.0 Å². The van der Waals surface area contributed by atoms with E-state index in [1.165, 1.54) is 0 Å². The van der Waals surface area contributed by atoms with E-state index in [1.54, 1.807) is 47.8 Å². The summed E-state index contributed by atoms with van der Waals surface area (Å²) in [6.45, 7) is 6.40. The Kier molecular flexibility index (Phi) is 8.63. The van der Waals surface area contributed by atoms with Gasteiger partial charge in [-0.05, 0) is 63.0 Å². The number of anilines is 1. The molecule has 1 saturated carbocycles. The van der Waals surface area contributed by atoms with Gasteiger partial charge in [0.15, 0.2) is 0 Å². The van der Waals surface area contributed by atoms with Crippen LogP contribution in [-0.4, -0.2) is 54.8 Å². The van der Waals surface area contributed by atoms with E-state index in [0.29, 0.717) is 35.0 Å². The van der Waals surface area contributed by atoms with E-state index in [2.05, 4.69) is 37.8 Å². The monoisotopic (exact) mass is 527 g/mol. The first-order chi connectivity index (χ1) is 17.8. The van der Waals surface area contributed by atoms with Crippen molar-refractivity contribution in [3.05, 3.63) is 47.4 Å². The van der Waals surface area contributed by atoms with Crippen molar-refractivity contribution in [2.24, 2.45) is 11.8 Å². The number of H-pyrrole nitrogens is 1. The first kappa shape index (κ1) is 26.8. The minimum Gasteiger partial charge on any atom is -0.339 e. The van der Waals surface area contributed by atoms with Crippen molar-refractivity contribution in [2.75, 3.05) is 17.3 Å². The van der Waals surface area contributed by atoms with Crippen LogP contribution in [0.2, 0.25) is 0 Å². The number of nitrogens with one attached hydrogen (secondary N) is 3. The lowest BCUT2D eigenvalue weighted by Crippen LogP contribution is -2.49. The second-order valence-corrected chi connectivity index (χ2v) is 10.7. The van der Waals surface area contributed by atoms with Gasteiger partial charge in [0.1, 0.15) is 17.6 Å². The Labute approximate surface area is 220 Å². The predicted molar refractivity (Wildman–Crippen MR) is 143 cm³/mol. The summed E-state index contributed by atoms with van der Waals surface area (Å²) >= 11 is 1.67. The number of carbonyl (C=O) groups is 2. The van der Waals surface area contributed by atoms with Crippen LogP contribution in [-0.2, 0) is 11.3 Å². The van der Waals surface area contributed by atoms with E-state index in [-0.39, 0.29) is 17.6 Å². The molecule has 2 amide bonds. The number of halogens is 1. The van der Waals surface area contributed by atoms with Crippen molar-refractivity contribution in [1.29, 1.82) is 0 Å². The molecule has 0 bridgehead atoms. The second kappa shape index (κ2) is 11.9. The lowest BCUT2D eigenvalue weighted by atomic mass is 9.79. The summed E-state index contributed by atoms with van der Waals surface area (Å²) in [5.41, 5.74) is 2.78. The number of amides is 2. The molecule has 1 atom stereocenters. The summed E-state index contributed by atoms with van der Waals surface area (Å²) in [5.74, 6) is 0.0204. The summed E-state index contributed by atoms with van der Waals surface area (Å²) in [7, 11) is 0. The zero-order valence-corrected chi connectivity index (χ0v) is 22.5. The maximum absolute atomic E-state index is 15.0. The van der Waals surface area contributed by atoms with Gasteiger partial charge in [0, 0.05) is 28.8 Å². The Morgan fingerprint density at radius 1 is 1.22 bits per heavy atom. The normalized spacial score (nSPS) is 18.4. The highest BCUT2D eigenvalue weighted by molar-refractivity contribution is 7.98. The molecule has 1 fully saturated rings. The van der Waals surface area contributed by atoms with Gasteiger partial charge in [0.2, 0.25) is 11.9 Å². The molecule has 4 rings (SSSR count).